The predicted molar refractivity (Wildman–Crippen MR) is 113 cm³/mol. The fraction of sp³-hybridized carbons (Fsp3) is 0.417. The molecule has 0 aliphatic carbocycles. The van der Waals surface area contributed by atoms with Crippen molar-refractivity contribution in [2.45, 2.75) is 32.5 Å². The summed E-state index contributed by atoms with van der Waals surface area (Å²) in [5.74, 6) is -0.0340. The minimum Gasteiger partial charge on any atom is -0.340 e. The Morgan fingerprint density at radius 3 is 2.34 bits per heavy atom. The number of amides is 2. The summed E-state index contributed by atoms with van der Waals surface area (Å²) in [4.78, 5) is 32.1. The number of benzene rings is 2. The Hall–Kier alpha value is -2.66. The summed E-state index contributed by atoms with van der Waals surface area (Å²) in [6, 6.07) is 18.5. The normalized spacial score (nSPS) is 23.1. The molecule has 152 valence electrons. The SMILES string of the molecule is Cc1ccc(CN2CC[C@@H]3[C@H](C2)C(=O)N(Cc2ccccc2)CC(=O)N3C)cc1. The van der Waals surface area contributed by atoms with E-state index in [9.17, 15) is 9.59 Å². The number of fused-ring (bicyclic) bond motifs is 1. The van der Waals surface area contributed by atoms with Gasteiger partial charge in [0.1, 0.15) is 6.54 Å². The van der Waals surface area contributed by atoms with Gasteiger partial charge >= 0.3 is 0 Å². The van der Waals surface area contributed by atoms with Crippen molar-refractivity contribution in [2.24, 2.45) is 5.92 Å². The fourth-order valence-corrected chi connectivity index (χ4v) is 4.52. The second kappa shape index (κ2) is 8.37. The molecule has 5 heteroatoms. The second-order valence-electron chi connectivity index (χ2n) is 8.37. The molecule has 2 amide bonds. The third-order valence-corrected chi connectivity index (χ3v) is 6.25. The lowest BCUT2D eigenvalue weighted by atomic mass is 9.90. The number of carbonyl (C=O) groups excluding carboxylic acids is 2. The van der Waals surface area contributed by atoms with Gasteiger partial charge in [0.05, 0.1) is 5.92 Å². The Labute approximate surface area is 172 Å². The molecule has 0 aromatic heterocycles. The van der Waals surface area contributed by atoms with Gasteiger partial charge in [-0.05, 0) is 24.5 Å². The summed E-state index contributed by atoms with van der Waals surface area (Å²) < 4.78 is 0. The van der Waals surface area contributed by atoms with Crippen LogP contribution in [-0.4, -0.2) is 59.2 Å². The molecule has 2 aliphatic rings. The summed E-state index contributed by atoms with van der Waals surface area (Å²) in [5.41, 5.74) is 3.57. The number of likely N-dealkylation sites (tertiary alicyclic amines) is 1. The summed E-state index contributed by atoms with van der Waals surface area (Å²) in [6.07, 6.45) is 0.837. The molecular formula is C24H29N3O2. The van der Waals surface area contributed by atoms with Crippen molar-refractivity contribution in [3.63, 3.8) is 0 Å². The van der Waals surface area contributed by atoms with E-state index in [4.69, 9.17) is 0 Å². The van der Waals surface area contributed by atoms with Gasteiger partial charge in [-0.2, -0.15) is 0 Å². The molecule has 2 atom stereocenters. The van der Waals surface area contributed by atoms with Crippen LogP contribution in [0.2, 0.25) is 0 Å². The number of hydrogen-bond donors (Lipinski definition) is 0. The van der Waals surface area contributed by atoms with Crippen molar-refractivity contribution in [1.29, 1.82) is 0 Å². The van der Waals surface area contributed by atoms with E-state index in [2.05, 4.69) is 36.1 Å². The highest BCUT2D eigenvalue weighted by Gasteiger charge is 2.43. The molecule has 2 saturated heterocycles. The van der Waals surface area contributed by atoms with Crippen molar-refractivity contribution in [1.82, 2.24) is 14.7 Å². The smallest absolute Gasteiger partial charge is 0.242 e. The third-order valence-electron chi connectivity index (χ3n) is 6.25. The first-order valence-corrected chi connectivity index (χ1v) is 10.4. The summed E-state index contributed by atoms with van der Waals surface area (Å²) in [7, 11) is 1.86. The van der Waals surface area contributed by atoms with E-state index >= 15 is 0 Å². The van der Waals surface area contributed by atoms with E-state index in [0.29, 0.717) is 13.1 Å². The number of hydrogen-bond acceptors (Lipinski definition) is 3. The van der Waals surface area contributed by atoms with Gasteiger partial charge in [-0.15, -0.1) is 0 Å². The molecule has 0 saturated carbocycles. The fourth-order valence-electron chi connectivity index (χ4n) is 4.52. The summed E-state index contributed by atoms with van der Waals surface area (Å²) in [6.45, 7) is 5.18. The van der Waals surface area contributed by atoms with Gasteiger partial charge in [0.2, 0.25) is 11.8 Å². The molecule has 2 fully saturated rings. The van der Waals surface area contributed by atoms with Gasteiger partial charge in [-0.1, -0.05) is 60.2 Å². The van der Waals surface area contributed by atoms with Crippen LogP contribution in [0.25, 0.3) is 0 Å². The molecule has 2 heterocycles. The van der Waals surface area contributed by atoms with Crippen molar-refractivity contribution >= 4 is 11.8 Å². The van der Waals surface area contributed by atoms with E-state index in [1.54, 1.807) is 4.90 Å². The molecule has 29 heavy (non-hydrogen) atoms. The summed E-state index contributed by atoms with van der Waals surface area (Å²) in [5, 5.41) is 0. The van der Waals surface area contributed by atoms with Gasteiger partial charge in [0.15, 0.2) is 0 Å². The number of carbonyl (C=O) groups is 2. The lowest BCUT2D eigenvalue weighted by molar-refractivity contribution is -0.138. The van der Waals surface area contributed by atoms with Gasteiger partial charge < -0.3 is 9.80 Å². The monoisotopic (exact) mass is 391 g/mol. The highest BCUT2D eigenvalue weighted by atomic mass is 16.2. The average molecular weight is 392 g/mol. The van der Waals surface area contributed by atoms with Crippen LogP contribution in [0.3, 0.4) is 0 Å². The highest BCUT2D eigenvalue weighted by Crippen LogP contribution is 2.28. The summed E-state index contributed by atoms with van der Waals surface area (Å²) >= 11 is 0. The topological polar surface area (TPSA) is 43.9 Å². The molecule has 2 aromatic rings. The Balaban J connectivity index is 1.52. The van der Waals surface area contributed by atoms with E-state index in [0.717, 1.165) is 25.1 Å². The first-order chi connectivity index (χ1) is 14.0. The van der Waals surface area contributed by atoms with Crippen LogP contribution < -0.4 is 0 Å². The van der Waals surface area contributed by atoms with Crippen LogP contribution >= 0.6 is 0 Å². The molecule has 2 aromatic carbocycles. The minimum atomic E-state index is -0.172. The highest BCUT2D eigenvalue weighted by molar-refractivity contribution is 5.89. The van der Waals surface area contributed by atoms with E-state index in [1.807, 2.05) is 42.3 Å². The van der Waals surface area contributed by atoms with Gasteiger partial charge in [-0.25, -0.2) is 0 Å². The zero-order valence-electron chi connectivity index (χ0n) is 17.3. The molecule has 0 N–H and O–H groups in total. The number of likely N-dealkylation sites (N-methyl/N-ethyl adjacent to an activating group) is 1. The molecule has 5 nitrogen and oxygen atoms in total. The Morgan fingerprint density at radius 2 is 1.62 bits per heavy atom. The molecule has 4 rings (SSSR count). The predicted octanol–water partition coefficient (Wildman–Crippen LogP) is 2.69. The number of piperidine rings is 1. The number of aryl methyl sites for hydroxylation is 1. The van der Waals surface area contributed by atoms with E-state index in [-0.39, 0.29) is 30.3 Å². The maximum absolute atomic E-state index is 13.4. The first kappa shape index (κ1) is 19.6. The van der Waals surface area contributed by atoms with Crippen molar-refractivity contribution in [3.05, 3.63) is 71.3 Å². The number of nitrogens with zero attached hydrogens (tertiary/aromatic N) is 3. The third kappa shape index (κ3) is 4.35. The maximum Gasteiger partial charge on any atom is 0.242 e. The van der Waals surface area contributed by atoms with Gasteiger partial charge in [0, 0.05) is 39.3 Å². The van der Waals surface area contributed by atoms with Crippen molar-refractivity contribution in [3.8, 4) is 0 Å². The number of rotatable bonds is 4. The van der Waals surface area contributed by atoms with Crippen LogP contribution in [0.1, 0.15) is 23.1 Å². The molecular weight excluding hydrogens is 362 g/mol. The van der Waals surface area contributed by atoms with E-state index in [1.165, 1.54) is 11.1 Å². The van der Waals surface area contributed by atoms with Gasteiger partial charge in [0.25, 0.3) is 0 Å². The van der Waals surface area contributed by atoms with E-state index < -0.39 is 0 Å². The maximum atomic E-state index is 13.4. The molecule has 0 spiro atoms. The second-order valence-corrected chi connectivity index (χ2v) is 8.37. The zero-order chi connectivity index (χ0) is 20.4. The van der Waals surface area contributed by atoms with Crippen LogP contribution in [0, 0.1) is 12.8 Å². The molecule has 2 aliphatic heterocycles. The molecule has 0 unspecified atom stereocenters. The first-order valence-electron chi connectivity index (χ1n) is 10.4. The average Bonchev–Trinajstić information content (AvgIpc) is 2.82. The molecule has 0 radical (unpaired) electrons. The van der Waals surface area contributed by atoms with Crippen LogP contribution in [0.4, 0.5) is 0 Å². The lowest BCUT2D eigenvalue weighted by Gasteiger charge is -2.40. The minimum absolute atomic E-state index is 0.00922. The van der Waals surface area contributed by atoms with Crippen LogP contribution in [-0.2, 0) is 22.7 Å². The quantitative estimate of drug-likeness (QED) is 0.805. The van der Waals surface area contributed by atoms with Crippen molar-refractivity contribution < 1.29 is 9.59 Å². The lowest BCUT2D eigenvalue weighted by Crippen LogP contribution is -2.53. The van der Waals surface area contributed by atoms with Crippen LogP contribution in [0.5, 0.6) is 0 Å². The Morgan fingerprint density at radius 1 is 0.931 bits per heavy atom. The Kier molecular flexibility index (Phi) is 5.67. The molecule has 0 bridgehead atoms. The van der Waals surface area contributed by atoms with Crippen molar-refractivity contribution in [2.75, 3.05) is 26.7 Å². The van der Waals surface area contributed by atoms with Gasteiger partial charge in [-0.3, -0.25) is 14.5 Å². The standard InChI is InChI=1S/C24H29N3O2/c1-18-8-10-20(11-9-18)14-26-13-12-22-21(16-26)24(29)27(17-23(28)25(22)2)15-19-6-4-3-5-7-19/h3-11,21-22H,12-17H2,1-2H3/t21-,22+/m0/s1. The largest absolute Gasteiger partial charge is 0.340 e. The Bertz CT molecular complexity index is 865. The van der Waals surface area contributed by atoms with Crippen LogP contribution in [0.15, 0.2) is 54.6 Å². The zero-order valence-corrected chi connectivity index (χ0v) is 17.3.